The zero-order chi connectivity index (χ0) is 35.1. The first-order valence-electron chi connectivity index (χ1n) is 15.0. The van der Waals surface area contributed by atoms with E-state index in [1.807, 2.05) is 130 Å². The van der Waals surface area contributed by atoms with Crippen LogP contribution in [0.15, 0.2) is 124 Å². The van der Waals surface area contributed by atoms with E-state index in [2.05, 4.69) is 58.4 Å². The van der Waals surface area contributed by atoms with Gasteiger partial charge in [-0.3, -0.25) is 0 Å². The second-order valence-corrected chi connectivity index (χ2v) is 3.65. The Labute approximate surface area is 261 Å². The molecule has 0 aromatic heterocycles. The van der Waals surface area contributed by atoms with Gasteiger partial charge < -0.3 is 5.73 Å². The second-order valence-electron chi connectivity index (χ2n) is 3.65. The monoisotopic (exact) mass is 568 g/mol. The van der Waals surface area contributed by atoms with Gasteiger partial charge in [-0.1, -0.05) is 231 Å². The van der Waals surface area contributed by atoms with Crippen LogP contribution in [0.25, 0.3) is 0 Å². The SMILES string of the molecule is C.C=C/C=C(C=C)/C(C=C)=C/C=C.C=CC(=C)C.C=CC=C.CC.CC.CC.CC.CC.CC.CC.CC.CN. The summed E-state index contributed by atoms with van der Waals surface area (Å²) in [5.74, 6) is 0. The van der Waals surface area contributed by atoms with Gasteiger partial charge in [-0.15, -0.1) is 0 Å². The summed E-state index contributed by atoms with van der Waals surface area (Å²) in [6.07, 6.45) is 15.7. The van der Waals surface area contributed by atoms with Crippen LogP contribution in [0.2, 0.25) is 0 Å². The second kappa shape index (κ2) is 193. The third-order valence-electron chi connectivity index (χ3n) is 1.88. The Bertz CT molecular complexity index is 409. The molecule has 0 aliphatic carbocycles. The number of hydrogen-bond acceptors (Lipinski definition) is 1. The van der Waals surface area contributed by atoms with Crippen LogP contribution in [0.3, 0.4) is 0 Å². The summed E-state index contributed by atoms with van der Waals surface area (Å²) in [7, 11) is 1.50. The molecule has 0 amide bonds. The van der Waals surface area contributed by atoms with Gasteiger partial charge in [0.15, 0.2) is 0 Å². The van der Waals surface area contributed by atoms with Crippen molar-refractivity contribution in [3.8, 4) is 0 Å². The molecule has 1 heteroatoms. The minimum atomic E-state index is 0. The fraction of sp³-hybridized carbons (Fsp3) is 0.487. The first kappa shape index (κ1) is 83.2. The fourth-order valence-corrected chi connectivity index (χ4v) is 0.818. The van der Waals surface area contributed by atoms with Crippen LogP contribution in [-0.2, 0) is 0 Å². The van der Waals surface area contributed by atoms with Gasteiger partial charge in [-0.05, 0) is 25.1 Å². The predicted octanol–water partition coefficient (Wildman–Crippen LogP) is 15.1. The molecule has 246 valence electrons. The molecule has 40 heavy (non-hydrogen) atoms. The Balaban J connectivity index is -0.0000000203. The lowest BCUT2D eigenvalue weighted by Crippen LogP contribution is -1.80. The van der Waals surface area contributed by atoms with E-state index in [0.717, 1.165) is 16.7 Å². The molecule has 0 saturated carbocycles. The molecule has 2 N–H and O–H groups in total. The van der Waals surface area contributed by atoms with Crippen LogP contribution in [0.5, 0.6) is 0 Å². The maximum Gasteiger partial charge on any atom is -0.0190 e. The van der Waals surface area contributed by atoms with E-state index >= 15 is 0 Å². The first-order valence-corrected chi connectivity index (χ1v) is 15.0. The predicted molar refractivity (Wildman–Crippen MR) is 210 cm³/mol. The molecular weight excluding hydrogens is 482 g/mol. The lowest BCUT2D eigenvalue weighted by atomic mass is 10.1. The first-order chi connectivity index (χ1) is 19.0. The average molecular weight is 568 g/mol. The Morgan fingerprint density at radius 1 is 0.400 bits per heavy atom. The molecule has 0 fully saturated rings. The Morgan fingerprint density at radius 3 is 0.600 bits per heavy atom. The van der Waals surface area contributed by atoms with Crippen molar-refractivity contribution in [3.05, 3.63) is 124 Å². The van der Waals surface area contributed by atoms with E-state index in [4.69, 9.17) is 0 Å². The molecular formula is C39H85N. The minimum Gasteiger partial charge on any atom is -0.333 e. The molecule has 0 radical (unpaired) electrons. The summed E-state index contributed by atoms with van der Waals surface area (Å²) in [6, 6.07) is 0. The normalized spacial score (nSPS) is 6.28. The number of rotatable bonds is 7. The van der Waals surface area contributed by atoms with Crippen LogP contribution >= 0.6 is 0 Å². The van der Waals surface area contributed by atoms with Crippen molar-refractivity contribution >= 4 is 0 Å². The average Bonchev–Trinajstić information content (AvgIpc) is 3.07. The van der Waals surface area contributed by atoms with Gasteiger partial charge >= 0.3 is 0 Å². The molecule has 0 heterocycles. The highest BCUT2D eigenvalue weighted by atomic mass is 14.4. The zero-order valence-electron chi connectivity index (χ0n) is 30.9. The van der Waals surface area contributed by atoms with Gasteiger partial charge in [0.2, 0.25) is 0 Å². The number of nitrogens with two attached hydrogens (primary N) is 1. The molecule has 0 unspecified atom stereocenters. The van der Waals surface area contributed by atoms with Crippen molar-refractivity contribution in [2.75, 3.05) is 7.05 Å². The largest absolute Gasteiger partial charge is 0.333 e. The number of allylic oxidation sites excluding steroid dienone is 12. The third-order valence-corrected chi connectivity index (χ3v) is 1.88. The summed E-state index contributed by atoms with van der Waals surface area (Å²) in [5.41, 5.74) is 7.52. The van der Waals surface area contributed by atoms with Crippen molar-refractivity contribution in [2.24, 2.45) is 5.73 Å². The van der Waals surface area contributed by atoms with E-state index < -0.39 is 0 Å². The van der Waals surface area contributed by atoms with Crippen LogP contribution in [0.1, 0.15) is 125 Å². The lowest BCUT2D eigenvalue weighted by molar-refractivity contribution is 1.48. The fourth-order valence-electron chi connectivity index (χ4n) is 0.818. The smallest absolute Gasteiger partial charge is 0.0190 e. The van der Waals surface area contributed by atoms with Crippen LogP contribution in [-0.4, -0.2) is 7.05 Å². The zero-order valence-corrected chi connectivity index (χ0v) is 30.9. The van der Waals surface area contributed by atoms with Crippen molar-refractivity contribution < 1.29 is 0 Å². The highest BCUT2D eigenvalue weighted by molar-refractivity contribution is 5.47. The van der Waals surface area contributed by atoms with Crippen molar-refractivity contribution in [3.63, 3.8) is 0 Å². The number of hydrogen-bond donors (Lipinski definition) is 1. The summed E-state index contributed by atoms with van der Waals surface area (Å²) in [6.45, 7) is 62.3. The van der Waals surface area contributed by atoms with Crippen molar-refractivity contribution in [1.29, 1.82) is 0 Å². The molecule has 1 nitrogen and oxygen atoms in total. The van der Waals surface area contributed by atoms with E-state index in [9.17, 15) is 0 Å². The lowest BCUT2D eigenvalue weighted by Gasteiger charge is -1.99. The maximum absolute atomic E-state index is 4.50. The highest BCUT2D eigenvalue weighted by Crippen LogP contribution is 2.12. The van der Waals surface area contributed by atoms with E-state index in [0.29, 0.717) is 0 Å². The Kier molecular flexibility index (Phi) is 401. The van der Waals surface area contributed by atoms with Crippen molar-refractivity contribution in [2.45, 2.75) is 125 Å². The van der Waals surface area contributed by atoms with Gasteiger partial charge in [0.25, 0.3) is 0 Å². The summed E-state index contributed by atoms with van der Waals surface area (Å²) in [5, 5.41) is 0. The van der Waals surface area contributed by atoms with Gasteiger partial charge in [-0.2, -0.15) is 0 Å². The summed E-state index contributed by atoms with van der Waals surface area (Å²) < 4.78 is 0. The van der Waals surface area contributed by atoms with E-state index in [1.165, 1.54) is 7.05 Å². The van der Waals surface area contributed by atoms with Gasteiger partial charge in [0, 0.05) is 0 Å². The molecule has 0 aromatic carbocycles. The highest BCUT2D eigenvalue weighted by Gasteiger charge is 1.92. The topological polar surface area (TPSA) is 26.0 Å². The molecule has 0 atom stereocenters. The molecule has 0 saturated heterocycles. The molecule has 0 aliphatic rings. The Hall–Kier alpha value is -2.64. The van der Waals surface area contributed by atoms with Crippen LogP contribution in [0, 0.1) is 0 Å². The standard InChI is InChI=1S/C12H14.C5H8.C4H6.8C2H6.CH5N.CH4/c1-5-9-11(7-3)12(8-4)10-6-2;1-4-5(2)3;1-3-4-2;9*1-2;/h5-10H,1-4H2;4H,1-2H2,3H3;3-4H,1-2H2;8*1-2H3;2H2,1H3;1H4/b11-9+,12-10+;;;;;;;;;;;;. The van der Waals surface area contributed by atoms with Crippen LogP contribution < -0.4 is 5.73 Å². The third kappa shape index (κ3) is 202. The van der Waals surface area contributed by atoms with Crippen LogP contribution in [0.4, 0.5) is 0 Å². The Morgan fingerprint density at radius 2 is 0.550 bits per heavy atom. The summed E-state index contributed by atoms with van der Waals surface area (Å²) >= 11 is 0. The van der Waals surface area contributed by atoms with Crippen molar-refractivity contribution in [1.82, 2.24) is 0 Å². The molecule has 0 rings (SSSR count). The minimum absolute atomic E-state index is 0. The van der Waals surface area contributed by atoms with E-state index in [-0.39, 0.29) is 7.43 Å². The quantitative estimate of drug-likeness (QED) is 0.304. The maximum atomic E-state index is 4.50. The summed E-state index contributed by atoms with van der Waals surface area (Å²) in [4.78, 5) is 0. The molecule has 0 spiro atoms. The van der Waals surface area contributed by atoms with E-state index in [1.54, 1.807) is 42.5 Å². The molecule has 0 aliphatic heterocycles. The molecule has 0 aromatic rings. The van der Waals surface area contributed by atoms with Gasteiger partial charge in [0.05, 0.1) is 0 Å². The van der Waals surface area contributed by atoms with Gasteiger partial charge in [-0.25, -0.2) is 0 Å². The molecule has 0 bridgehead atoms. The van der Waals surface area contributed by atoms with Gasteiger partial charge in [0.1, 0.15) is 0 Å².